The van der Waals surface area contributed by atoms with E-state index < -0.39 is 18.0 Å². The van der Waals surface area contributed by atoms with Crippen molar-refractivity contribution in [3.63, 3.8) is 0 Å². The van der Waals surface area contributed by atoms with Crippen molar-refractivity contribution in [1.82, 2.24) is 0 Å². The fourth-order valence-electron chi connectivity index (χ4n) is 14.6. The van der Waals surface area contributed by atoms with Gasteiger partial charge in [0.25, 0.3) is 10.1 Å². The van der Waals surface area contributed by atoms with Crippen molar-refractivity contribution in [2.24, 2.45) is 35.5 Å². The Labute approximate surface area is 402 Å². The van der Waals surface area contributed by atoms with Crippen molar-refractivity contribution >= 4 is 29.0 Å². The molecule has 5 nitrogen and oxygen atoms in total. The molecule has 8 bridgehead atoms. The number of hydrogen-bond acceptors (Lipinski definition) is 4. The number of benzene rings is 4. The number of aryl methyl sites for hydroxylation is 1. The van der Waals surface area contributed by atoms with Crippen LogP contribution in [0, 0.1) is 48.5 Å². The van der Waals surface area contributed by atoms with Gasteiger partial charge in [-0.3, -0.25) is 4.55 Å². The third kappa shape index (κ3) is 10.2. The second-order valence-corrected chi connectivity index (χ2v) is 26.5. The average molecular weight is 996 g/mol. The molecular formula is C56H75NO4PPdS-. The summed E-state index contributed by atoms with van der Waals surface area (Å²) in [5.74, 6) is 8.65. The molecule has 8 heteroatoms. The van der Waals surface area contributed by atoms with Crippen LogP contribution in [-0.4, -0.2) is 36.6 Å². The molecule has 8 aliphatic carbocycles. The van der Waals surface area contributed by atoms with Crippen molar-refractivity contribution in [3.8, 4) is 28.0 Å². The number of hydrogen-bond donors (Lipinski definition) is 2. The van der Waals surface area contributed by atoms with E-state index in [-0.39, 0.29) is 20.4 Å². The van der Waals surface area contributed by atoms with Gasteiger partial charge in [0.15, 0.2) is 0 Å². The predicted octanol–water partition coefficient (Wildman–Crippen LogP) is 14.3. The maximum atomic E-state index is 9.19. The fraction of sp³-hybridized carbons (Fsp3) is 0.571. The molecule has 8 fully saturated rings. The second kappa shape index (κ2) is 19.6. The Hall–Kier alpha value is -2.52. The standard InChI is InChI=1S/C43H61OP.C12H10N.CH4O3S.Pd/c1-25(2)35-17-36(26(3)4)40(37(18-35)27(5)6)39-28(7)9-10-38(44-8)41(39)45(42-19-29-11-30(20-42)13-31(12-29)21-42)43-22-32-14-33(23-43)16-34(15-32)24-43;13-12-9-5-4-8-11(12)10-6-2-1-3-7-10;1-5(2,3)4;/h9-10,17-18,25-27,29-34H,11-16,19-24H2,1-8H3;1-6,8-9H,13H2;1H3,(H,2,3,4);/q;-1;;. The first-order valence-electron chi connectivity index (χ1n) is 24.3. The Bertz CT molecular complexity index is 2220. The van der Waals surface area contributed by atoms with Gasteiger partial charge in [0.1, 0.15) is 5.75 Å². The van der Waals surface area contributed by atoms with Crippen LogP contribution in [0.15, 0.2) is 72.8 Å². The molecule has 0 radical (unpaired) electrons. The molecule has 350 valence electrons. The third-order valence-electron chi connectivity index (χ3n) is 16.1. The average Bonchev–Trinajstić information content (AvgIpc) is 3.19. The van der Waals surface area contributed by atoms with E-state index in [1.807, 2.05) is 55.6 Å². The van der Waals surface area contributed by atoms with Gasteiger partial charge in [0.05, 0.1) is 13.4 Å². The Morgan fingerprint density at radius 3 is 1.50 bits per heavy atom. The van der Waals surface area contributed by atoms with E-state index in [0.29, 0.717) is 34.3 Å². The van der Waals surface area contributed by atoms with Crippen LogP contribution in [0.4, 0.5) is 5.69 Å². The van der Waals surface area contributed by atoms with Crippen LogP contribution in [0.5, 0.6) is 5.75 Å². The topological polar surface area (TPSA) is 89.6 Å². The van der Waals surface area contributed by atoms with Crippen molar-refractivity contribution in [2.75, 3.05) is 19.1 Å². The van der Waals surface area contributed by atoms with Gasteiger partial charge in [0, 0.05) is 25.7 Å². The molecular weight excluding hydrogens is 920 g/mol. The van der Waals surface area contributed by atoms with E-state index in [0.717, 1.165) is 52.3 Å². The van der Waals surface area contributed by atoms with E-state index in [9.17, 15) is 8.42 Å². The van der Waals surface area contributed by atoms with Crippen molar-refractivity contribution in [1.29, 1.82) is 0 Å². The summed E-state index contributed by atoms with van der Waals surface area (Å²) in [7, 11) is -2.07. The van der Waals surface area contributed by atoms with Gasteiger partial charge in [-0.05, 0) is 199 Å². The molecule has 0 aliphatic heterocycles. The Kier molecular flexibility index (Phi) is 15.1. The molecule has 4 aromatic carbocycles. The van der Waals surface area contributed by atoms with Crippen molar-refractivity contribution in [3.05, 3.63) is 101 Å². The summed E-state index contributed by atoms with van der Waals surface area (Å²) in [6, 6.07) is 28.8. The Morgan fingerprint density at radius 1 is 0.688 bits per heavy atom. The van der Waals surface area contributed by atoms with Gasteiger partial charge in [-0.15, -0.1) is 35.9 Å². The quantitative estimate of drug-likeness (QED) is 0.0573. The smallest absolute Gasteiger partial charge is 0.261 e. The first-order valence-corrected chi connectivity index (χ1v) is 27.5. The SMILES string of the molecule is COc1ccc(C)c(-c2c(C(C)C)cc(C(C)C)cc2C(C)C)c1P(C12CC3CC(CC(C3)C1)C2)C12CC3CC(CC(C3)C1)C2.CS(=O)(=O)O.Nc1ccccc1-c1[c-]cccc1.[Pd]. The Morgan fingerprint density at radius 2 is 1.12 bits per heavy atom. The van der Waals surface area contributed by atoms with E-state index in [1.54, 1.807) is 27.6 Å². The number of anilines is 1. The largest absolute Gasteiger partial charge is 0.496 e. The number of ether oxygens (including phenoxy) is 1. The van der Waals surface area contributed by atoms with Crippen molar-refractivity contribution in [2.45, 2.75) is 154 Å². The molecule has 0 atom stereocenters. The van der Waals surface area contributed by atoms with Crippen LogP contribution in [0.25, 0.3) is 22.3 Å². The summed E-state index contributed by atoms with van der Waals surface area (Å²) in [4.78, 5) is 0. The van der Waals surface area contributed by atoms with Crippen molar-refractivity contribution < 1.29 is 38.1 Å². The zero-order valence-electron chi connectivity index (χ0n) is 40.0. The van der Waals surface area contributed by atoms with Crippen LogP contribution >= 0.6 is 7.92 Å². The maximum absolute atomic E-state index is 9.19. The molecule has 0 aromatic heterocycles. The molecule has 8 aliphatic rings. The summed E-state index contributed by atoms with van der Waals surface area (Å²) >= 11 is 0. The third-order valence-corrected chi connectivity index (χ3v) is 20.0. The fourth-order valence-corrected chi connectivity index (χ4v) is 20.1. The number of methoxy groups -OCH3 is 1. The first kappa shape index (κ1) is 49.4. The van der Waals surface area contributed by atoms with E-state index in [2.05, 4.69) is 78.8 Å². The molecule has 0 heterocycles. The second-order valence-electron chi connectivity index (χ2n) is 22.1. The van der Waals surface area contributed by atoms with Gasteiger partial charge in [-0.25, -0.2) is 0 Å². The van der Waals surface area contributed by atoms with Gasteiger partial charge < -0.3 is 10.5 Å². The predicted molar refractivity (Wildman–Crippen MR) is 266 cm³/mol. The summed E-state index contributed by atoms with van der Waals surface area (Å²) in [6.45, 7) is 17.0. The zero-order chi connectivity index (χ0) is 45.0. The van der Waals surface area contributed by atoms with Gasteiger partial charge in [-0.2, -0.15) is 8.42 Å². The van der Waals surface area contributed by atoms with Gasteiger partial charge in [-0.1, -0.05) is 91.4 Å². The minimum Gasteiger partial charge on any atom is -0.496 e. The summed E-state index contributed by atoms with van der Waals surface area (Å²) < 4.78 is 32.5. The summed E-state index contributed by atoms with van der Waals surface area (Å²) in [5.41, 5.74) is 18.1. The molecule has 4 aromatic rings. The normalized spacial score (nSPS) is 28.9. The molecule has 3 N–H and O–H groups in total. The maximum Gasteiger partial charge on any atom is 0.261 e. The van der Waals surface area contributed by atoms with E-state index in [1.165, 1.54) is 93.9 Å². The zero-order valence-corrected chi connectivity index (χ0v) is 43.3. The molecule has 12 rings (SSSR count). The van der Waals surface area contributed by atoms with Gasteiger partial charge in [0.2, 0.25) is 0 Å². The Balaban J connectivity index is 0.000000269. The van der Waals surface area contributed by atoms with Crippen LogP contribution in [0.3, 0.4) is 0 Å². The molecule has 0 amide bonds. The monoisotopic (exact) mass is 994 g/mol. The number of nitrogens with two attached hydrogens (primary N) is 1. The van der Waals surface area contributed by atoms with Crippen LogP contribution in [0.2, 0.25) is 0 Å². The number of rotatable bonds is 9. The van der Waals surface area contributed by atoms with Crippen LogP contribution in [0.1, 0.15) is 159 Å². The van der Waals surface area contributed by atoms with E-state index >= 15 is 0 Å². The van der Waals surface area contributed by atoms with Gasteiger partial charge >= 0.3 is 0 Å². The molecule has 64 heavy (non-hydrogen) atoms. The minimum absolute atomic E-state index is 0. The first-order chi connectivity index (χ1) is 29.9. The molecule has 0 saturated heterocycles. The van der Waals surface area contributed by atoms with Crippen LogP contribution < -0.4 is 15.8 Å². The molecule has 8 saturated carbocycles. The van der Waals surface area contributed by atoms with E-state index in [4.69, 9.17) is 15.0 Å². The minimum atomic E-state index is -3.67. The van der Waals surface area contributed by atoms with Crippen LogP contribution in [-0.2, 0) is 30.5 Å². The molecule has 0 spiro atoms. The number of nitrogen functional groups attached to an aromatic ring is 1. The number of para-hydroxylation sites is 1. The summed E-state index contributed by atoms with van der Waals surface area (Å²) in [5, 5.41) is 2.76. The molecule has 0 unspecified atom stereocenters. The summed E-state index contributed by atoms with van der Waals surface area (Å²) in [6.07, 6.45) is 19.0.